The van der Waals surface area contributed by atoms with Crippen molar-refractivity contribution in [3.8, 4) is 0 Å². The number of fused-ring (bicyclic) bond motifs is 1. The van der Waals surface area contributed by atoms with Crippen LogP contribution in [0.4, 0.5) is 10.3 Å². The van der Waals surface area contributed by atoms with Gasteiger partial charge in [-0.1, -0.05) is 35.9 Å². The van der Waals surface area contributed by atoms with Gasteiger partial charge in [0.2, 0.25) is 5.95 Å². The lowest BCUT2D eigenvalue weighted by atomic mass is 10.0. The van der Waals surface area contributed by atoms with E-state index in [9.17, 15) is 9.67 Å². The van der Waals surface area contributed by atoms with Gasteiger partial charge >= 0.3 is 0 Å². The number of aliphatic hydroxyl groups is 1. The molecular weight excluding hydrogens is 536 g/mol. The number of allylic oxidation sites excluding steroid dienone is 2. The average molecular weight is 570 g/mol. The summed E-state index contributed by atoms with van der Waals surface area (Å²) in [5.41, 5.74) is 3.00. The van der Waals surface area contributed by atoms with Crippen LogP contribution in [0.2, 0.25) is 5.02 Å². The molecule has 0 bridgehead atoms. The molecule has 2 fully saturated rings. The Kier molecular flexibility index (Phi) is 7.84. The highest BCUT2D eigenvalue weighted by molar-refractivity contribution is 7.72. The lowest BCUT2D eigenvalue weighted by Crippen LogP contribution is -2.58. The van der Waals surface area contributed by atoms with Crippen LogP contribution >= 0.6 is 18.7 Å². The molecule has 2 aliphatic rings. The number of aryl methyl sites for hydroxylation is 1. The smallest absolute Gasteiger partial charge is 0.226 e. The predicted octanol–water partition coefficient (Wildman–Crippen LogP) is 5.07. The molecular formula is C29H34ClFN5O2P. The minimum absolute atomic E-state index is 0.0177. The van der Waals surface area contributed by atoms with E-state index < -0.39 is 13.0 Å². The molecule has 3 aromatic rings. The Bertz CT molecular complexity index is 1520. The first-order chi connectivity index (χ1) is 18.6. The zero-order valence-corrected chi connectivity index (χ0v) is 24.4. The van der Waals surface area contributed by atoms with Crippen LogP contribution in [0.3, 0.4) is 0 Å². The van der Waals surface area contributed by atoms with E-state index >= 15 is 4.39 Å². The highest BCUT2D eigenvalue weighted by Gasteiger charge is 2.36. The van der Waals surface area contributed by atoms with Gasteiger partial charge in [-0.05, 0) is 62.9 Å². The van der Waals surface area contributed by atoms with Crippen molar-refractivity contribution in [1.29, 1.82) is 0 Å². The molecule has 0 aliphatic carbocycles. The number of nitrogens with zero attached hydrogens (tertiary/aromatic N) is 4. The Morgan fingerprint density at radius 3 is 2.59 bits per heavy atom. The molecule has 39 heavy (non-hydrogen) atoms. The number of nitrogens with one attached hydrogen (secondary N) is 1. The number of hydrogen-bond acceptors (Lipinski definition) is 7. The topological polar surface area (TPSA) is 81.6 Å². The molecule has 0 atom stereocenters. The van der Waals surface area contributed by atoms with Crippen LogP contribution in [0, 0.1) is 12.7 Å². The molecule has 2 aliphatic heterocycles. The second-order valence-electron chi connectivity index (χ2n) is 10.7. The molecule has 2 aromatic carbocycles. The molecule has 5 rings (SSSR count). The van der Waals surface area contributed by atoms with Crippen molar-refractivity contribution in [2.45, 2.75) is 19.9 Å². The molecule has 2 N–H and O–H groups in total. The molecule has 1 aromatic heterocycles. The van der Waals surface area contributed by atoms with Crippen LogP contribution in [-0.2, 0) is 4.57 Å². The van der Waals surface area contributed by atoms with Gasteiger partial charge < -0.3 is 24.8 Å². The molecule has 0 saturated carbocycles. The molecule has 10 heteroatoms. The summed E-state index contributed by atoms with van der Waals surface area (Å²) < 4.78 is 30.4. The number of hydrogen-bond donors (Lipinski definition) is 2. The first kappa shape index (κ1) is 27.8. The second-order valence-corrected chi connectivity index (χ2v) is 14.2. The minimum Gasteiger partial charge on any atom is -0.508 e. The Balaban J connectivity index is 1.63. The summed E-state index contributed by atoms with van der Waals surface area (Å²) in [4.78, 5) is 13.6. The third-order valence-electron chi connectivity index (χ3n) is 7.66. The summed E-state index contributed by atoms with van der Waals surface area (Å²) in [5.74, 6) is -0.234. The van der Waals surface area contributed by atoms with Crippen molar-refractivity contribution in [2.75, 3.05) is 57.5 Å². The molecule has 0 unspecified atom stereocenters. The van der Waals surface area contributed by atoms with Gasteiger partial charge in [0, 0.05) is 55.5 Å². The maximum Gasteiger partial charge on any atom is 0.226 e. The number of benzene rings is 2. The zero-order valence-electron chi connectivity index (χ0n) is 22.7. The fraction of sp³-hybridized carbons (Fsp3) is 0.379. The van der Waals surface area contributed by atoms with E-state index in [1.807, 2.05) is 50.2 Å². The molecule has 2 saturated heterocycles. The summed E-state index contributed by atoms with van der Waals surface area (Å²) >= 11 is 6.67. The van der Waals surface area contributed by atoms with Gasteiger partial charge in [-0.15, -0.1) is 0 Å². The molecule has 206 valence electrons. The van der Waals surface area contributed by atoms with Crippen molar-refractivity contribution in [3.63, 3.8) is 0 Å². The van der Waals surface area contributed by atoms with E-state index in [1.54, 1.807) is 19.1 Å². The third-order valence-corrected chi connectivity index (χ3v) is 11.0. The number of likely N-dealkylation sites (N-methyl/N-ethyl adjacent to an activating group) is 1. The Hall–Kier alpha value is -2.77. The quantitative estimate of drug-likeness (QED) is 0.243. The predicted molar refractivity (Wildman–Crippen MR) is 159 cm³/mol. The summed E-state index contributed by atoms with van der Waals surface area (Å²) in [7, 11) is 1.16. The molecule has 3 heterocycles. The summed E-state index contributed by atoms with van der Waals surface area (Å²) in [6.45, 7) is 6.31. The molecule has 0 amide bonds. The Morgan fingerprint density at radius 2 is 1.92 bits per heavy atom. The second kappa shape index (κ2) is 11.0. The van der Waals surface area contributed by atoms with Crippen LogP contribution in [0.1, 0.15) is 23.6 Å². The first-order valence-corrected chi connectivity index (χ1v) is 15.6. The fourth-order valence-corrected chi connectivity index (χ4v) is 8.05. The van der Waals surface area contributed by atoms with Crippen LogP contribution in [0.15, 0.2) is 42.2 Å². The fourth-order valence-electron chi connectivity index (χ4n) is 5.14. The van der Waals surface area contributed by atoms with Crippen molar-refractivity contribution in [1.82, 2.24) is 20.2 Å². The van der Waals surface area contributed by atoms with Crippen molar-refractivity contribution < 1.29 is 14.1 Å². The van der Waals surface area contributed by atoms with Gasteiger partial charge in [-0.25, -0.2) is 14.4 Å². The normalized spacial score (nSPS) is 18.6. The number of anilines is 1. The van der Waals surface area contributed by atoms with Gasteiger partial charge in [0.05, 0.1) is 5.02 Å². The van der Waals surface area contributed by atoms with E-state index in [4.69, 9.17) is 16.6 Å². The highest BCUT2D eigenvalue weighted by Crippen LogP contribution is 2.47. The maximum atomic E-state index is 16.3. The van der Waals surface area contributed by atoms with E-state index in [-0.39, 0.29) is 21.9 Å². The lowest BCUT2D eigenvalue weighted by Gasteiger charge is -2.43. The van der Waals surface area contributed by atoms with Gasteiger partial charge in [0.15, 0.2) is 5.82 Å². The summed E-state index contributed by atoms with van der Waals surface area (Å²) in [6.07, 6.45) is 4.04. The molecule has 0 radical (unpaired) electrons. The SMILES string of the molecule is C/C(=C\C(O)=C/c1ccccc1C)c1c(Cl)cc2c(P3(=O)CCNCC3)nc(N3CC(N(C)C)C3)nc2c1F. The average Bonchev–Trinajstić information content (AvgIpc) is 2.84. The van der Waals surface area contributed by atoms with Gasteiger partial charge in [0.25, 0.3) is 0 Å². The van der Waals surface area contributed by atoms with Gasteiger partial charge in [-0.3, -0.25) is 0 Å². The van der Waals surface area contributed by atoms with Crippen LogP contribution in [0.25, 0.3) is 22.6 Å². The monoisotopic (exact) mass is 569 g/mol. The first-order valence-electron chi connectivity index (χ1n) is 13.1. The van der Waals surface area contributed by atoms with Crippen molar-refractivity contribution in [3.05, 3.63) is 69.7 Å². The summed E-state index contributed by atoms with van der Waals surface area (Å²) in [5, 5.41) is 14.5. The van der Waals surface area contributed by atoms with Crippen LogP contribution in [0.5, 0.6) is 0 Å². The standard InChI is InChI=1S/C29H34ClFN5O2P/c1-18-7-5-6-8-20(18)14-22(37)13-19(2)25-24(30)15-23-27(26(25)31)33-29(36-16-21(17-36)35(3)4)34-28(23)39(38)11-9-32-10-12-39/h5-8,13-15,21,32,37H,9-12,16-17H2,1-4H3/b19-13+,22-14+. The number of halogens is 2. The number of aromatic nitrogens is 2. The molecule has 0 spiro atoms. The summed E-state index contributed by atoms with van der Waals surface area (Å²) in [6, 6.07) is 9.66. The van der Waals surface area contributed by atoms with Gasteiger partial charge in [-0.2, -0.15) is 0 Å². The Labute approximate surface area is 233 Å². The van der Waals surface area contributed by atoms with E-state index in [0.29, 0.717) is 66.9 Å². The maximum absolute atomic E-state index is 16.3. The van der Waals surface area contributed by atoms with E-state index in [1.165, 1.54) is 6.08 Å². The highest BCUT2D eigenvalue weighted by atomic mass is 35.5. The molecule has 7 nitrogen and oxygen atoms in total. The number of aliphatic hydroxyl groups excluding tert-OH is 1. The van der Waals surface area contributed by atoms with Crippen molar-refractivity contribution >= 4 is 52.7 Å². The van der Waals surface area contributed by atoms with E-state index in [2.05, 4.69) is 15.2 Å². The lowest BCUT2D eigenvalue weighted by molar-refractivity contribution is 0.245. The number of rotatable bonds is 6. The van der Waals surface area contributed by atoms with Crippen LogP contribution < -0.4 is 15.7 Å². The minimum atomic E-state index is -2.88. The van der Waals surface area contributed by atoms with E-state index in [0.717, 1.165) is 11.1 Å². The van der Waals surface area contributed by atoms with Gasteiger partial charge in [0.1, 0.15) is 23.9 Å². The van der Waals surface area contributed by atoms with Crippen molar-refractivity contribution in [2.24, 2.45) is 0 Å². The third kappa shape index (κ3) is 5.48. The zero-order chi connectivity index (χ0) is 27.9. The van der Waals surface area contributed by atoms with Crippen LogP contribution in [-0.4, -0.2) is 78.6 Å². The largest absolute Gasteiger partial charge is 0.508 e. The Morgan fingerprint density at radius 1 is 1.23 bits per heavy atom.